The summed E-state index contributed by atoms with van der Waals surface area (Å²) in [6.45, 7) is 0.779. The van der Waals surface area contributed by atoms with E-state index in [0.717, 1.165) is 4.90 Å². The van der Waals surface area contributed by atoms with Gasteiger partial charge in [-0.2, -0.15) is 0 Å². The van der Waals surface area contributed by atoms with Crippen molar-refractivity contribution in [2.75, 3.05) is 31.1 Å². The molecular weight excluding hydrogens is 290 g/mol. The predicted molar refractivity (Wildman–Crippen MR) is 72.6 cm³/mol. The molecule has 20 heavy (non-hydrogen) atoms. The molecule has 0 fully saturated rings. The van der Waals surface area contributed by atoms with Crippen molar-refractivity contribution in [1.29, 1.82) is 0 Å². The predicted octanol–water partition coefficient (Wildman–Crippen LogP) is 1.05. The summed E-state index contributed by atoms with van der Waals surface area (Å²) < 4.78 is 51.6. The smallest absolute Gasteiger partial charge is 0.255 e. The number of nitrogens with zero attached hydrogens (tertiary/aromatic N) is 1. The van der Waals surface area contributed by atoms with Crippen LogP contribution in [0.1, 0.15) is 6.92 Å². The maximum Gasteiger partial charge on any atom is 0.255 e. The minimum absolute atomic E-state index is 0.0665. The molecule has 0 spiro atoms. The highest BCUT2D eigenvalue weighted by Gasteiger charge is 2.22. The van der Waals surface area contributed by atoms with Crippen molar-refractivity contribution in [3.8, 4) is 0 Å². The Labute approximate surface area is 117 Å². The zero-order valence-electron chi connectivity index (χ0n) is 11.1. The molecule has 0 radical (unpaired) electrons. The number of para-hydroxylation sites is 1. The summed E-state index contributed by atoms with van der Waals surface area (Å²) in [4.78, 5) is 1.09. The van der Waals surface area contributed by atoms with Crippen molar-refractivity contribution in [3.05, 3.63) is 24.3 Å². The van der Waals surface area contributed by atoms with E-state index in [0.29, 0.717) is 0 Å². The van der Waals surface area contributed by atoms with Crippen LogP contribution in [0.25, 0.3) is 0 Å². The zero-order valence-corrected chi connectivity index (χ0v) is 11.9. The monoisotopic (exact) mass is 308 g/mol. The van der Waals surface area contributed by atoms with Crippen molar-refractivity contribution < 1.29 is 22.3 Å². The average molecular weight is 308 g/mol. The van der Waals surface area contributed by atoms with Gasteiger partial charge in [0.25, 0.3) is 6.43 Å². The summed E-state index contributed by atoms with van der Waals surface area (Å²) >= 11 is 0. The van der Waals surface area contributed by atoms with Crippen LogP contribution in [-0.4, -0.2) is 46.2 Å². The van der Waals surface area contributed by atoms with Gasteiger partial charge < -0.3 is 10.0 Å². The van der Waals surface area contributed by atoms with Gasteiger partial charge in [-0.05, 0) is 12.1 Å². The molecule has 2 N–H and O–H groups in total. The van der Waals surface area contributed by atoms with E-state index in [4.69, 9.17) is 5.11 Å². The van der Waals surface area contributed by atoms with E-state index >= 15 is 0 Å². The maximum atomic E-state index is 12.6. The lowest BCUT2D eigenvalue weighted by Crippen LogP contribution is -2.34. The van der Waals surface area contributed by atoms with Crippen molar-refractivity contribution in [1.82, 2.24) is 4.72 Å². The first kappa shape index (κ1) is 16.8. The molecule has 0 atom stereocenters. The second kappa shape index (κ2) is 7.51. The Kier molecular flexibility index (Phi) is 6.31. The summed E-state index contributed by atoms with van der Waals surface area (Å²) in [5.74, 6) is 0. The standard InChI is InChI=1S/C12H18F2N2O3S/c1-2-15-20(18,19)11-6-4-3-5-10(11)16(7-8-17)9-12(13)14/h3-6,12,15,17H,2,7-9H2,1H3. The van der Waals surface area contributed by atoms with Gasteiger partial charge in [0.05, 0.1) is 18.8 Å². The third-order valence-corrected chi connectivity index (χ3v) is 4.15. The van der Waals surface area contributed by atoms with Crippen molar-refractivity contribution >= 4 is 15.7 Å². The van der Waals surface area contributed by atoms with Gasteiger partial charge in [-0.3, -0.25) is 0 Å². The van der Waals surface area contributed by atoms with E-state index in [2.05, 4.69) is 4.72 Å². The quantitative estimate of drug-likeness (QED) is 0.753. The summed E-state index contributed by atoms with van der Waals surface area (Å²) in [7, 11) is -3.76. The van der Waals surface area contributed by atoms with Crippen molar-refractivity contribution in [2.45, 2.75) is 18.2 Å². The van der Waals surface area contributed by atoms with Crippen molar-refractivity contribution in [3.63, 3.8) is 0 Å². The van der Waals surface area contributed by atoms with Crippen LogP contribution in [0.15, 0.2) is 29.2 Å². The van der Waals surface area contributed by atoms with Gasteiger partial charge in [-0.1, -0.05) is 19.1 Å². The molecule has 8 heteroatoms. The number of halogens is 2. The molecule has 1 rings (SSSR count). The van der Waals surface area contributed by atoms with Gasteiger partial charge in [-0.15, -0.1) is 0 Å². The van der Waals surface area contributed by atoms with Gasteiger partial charge in [0.2, 0.25) is 10.0 Å². The second-order valence-electron chi connectivity index (χ2n) is 4.03. The highest BCUT2D eigenvalue weighted by molar-refractivity contribution is 7.89. The molecule has 1 aromatic carbocycles. The Morgan fingerprint density at radius 1 is 1.35 bits per heavy atom. The van der Waals surface area contributed by atoms with Crippen molar-refractivity contribution in [2.24, 2.45) is 0 Å². The van der Waals surface area contributed by atoms with E-state index in [1.54, 1.807) is 13.0 Å². The number of sulfonamides is 1. The molecule has 0 aliphatic carbocycles. The second-order valence-corrected chi connectivity index (χ2v) is 5.77. The molecule has 0 bridgehead atoms. The minimum Gasteiger partial charge on any atom is -0.395 e. The van der Waals surface area contributed by atoms with Crippen LogP contribution in [0.4, 0.5) is 14.5 Å². The molecule has 0 saturated carbocycles. The molecule has 0 unspecified atom stereocenters. The number of benzene rings is 1. The molecule has 114 valence electrons. The number of rotatable bonds is 8. The summed E-state index contributed by atoms with van der Waals surface area (Å²) in [6, 6.07) is 5.88. The van der Waals surface area contributed by atoms with Gasteiger partial charge in [-0.25, -0.2) is 21.9 Å². The molecule has 0 aromatic heterocycles. The normalized spacial score (nSPS) is 11.8. The Morgan fingerprint density at radius 2 is 2.00 bits per heavy atom. The Hall–Kier alpha value is -1.25. The van der Waals surface area contributed by atoms with E-state index in [1.165, 1.54) is 18.2 Å². The highest BCUT2D eigenvalue weighted by atomic mass is 32.2. The maximum absolute atomic E-state index is 12.6. The molecule has 0 aliphatic heterocycles. The van der Waals surface area contributed by atoms with Crippen LogP contribution in [0, 0.1) is 0 Å². The van der Waals surface area contributed by atoms with Crippen LogP contribution in [-0.2, 0) is 10.0 Å². The number of hydrogen-bond donors (Lipinski definition) is 2. The largest absolute Gasteiger partial charge is 0.395 e. The average Bonchev–Trinajstić information content (AvgIpc) is 2.38. The fourth-order valence-corrected chi connectivity index (χ4v) is 3.08. The fraction of sp³-hybridized carbons (Fsp3) is 0.500. The number of aliphatic hydroxyl groups is 1. The van der Waals surface area contributed by atoms with Gasteiger partial charge >= 0.3 is 0 Å². The molecule has 0 amide bonds. The van der Waals surface area contributed by atoms with Crippen LogP contribution < -0.4 is 9.62 Å². The molecule has 0 saturated heterocycles. The van der Waals surface area contributed by atoms with Gasteiger partial charge in [0.15, 0.2) is 0 Å². The third kappa shape index (κ3) is 4.39. The number of hydrogen-bond acceptors (Lipinski definition) is 4. The molecule has 0 heterocycles. The number of anilines is 1. The summed E-state index contributed by atoms with van der Waals surface area (Å²) in [5, 5.41) is 8.96. The number of aliphatic hydroxyl groups excluding tert-OH is 1. The Balaban J connectivity index is 3.22. The van der Waals surface area contributed by atoms with E-state index in [9.17, 15) is 17.2 Å². The van der Waals surface area contributed by atoms with E-state index < -0.39 is 23.0 Å². The van der Waals surface area contributed by atoms with Gasteiger partial charge in [0.1, 0.15) is 4.90 Å². The van der Waals surface area contributed by atoms with Crippen LogP contribution in [0.3, 0.4) is 0 Å². The summed E-state index contributed by atoms with van der Waals surface area (Å²) in [5.41, 5.74) is 0.155. The molecule has 5 nitrogen and oxygen atoms in total. The Morgan fingerprint density at radius 3 is 2.55 bits per heavy atom. The van der Waals surface area contributed by atoms with Crippen LogP contribution in [0.5, 0.6) is 0 Å². The topological polar surface area (TPSA) is 69.6 Å². The van der Waals surface area contributed by atoms with E-state index in [1.807, 2.05) is 0 Å². The lowest BCUT2D eigenvalue weighted by Gasteiger charge is -2.25. The zero-order chi connectivity index (χ0) is 15.2. The molecule has 0 aliphatic rings. The van der Waals surface area contributed by atoms with Crippen LogP contribution in [0.2, 0.25) is 0 Å². The third-order valence-electron chi connectivity index (χ3n) is 2.56. The molecular formula is C12H18F2N2O3S. The Bertz CT molecular complexity index is 523. The summed E-state index contributed by atoms with van der Waals surface area (Å²) in [6.07, 6.45) is -2.63. The first-order chi connectivity index (χ1) is 9.42. The molecule has 1 aromatic rings. The number of alkyl halides is 2. The fourth-order valence-electron chi connectivity index (χ4n) is 1.81. The SMILES string of the molecule is CCNS(=O)(=O)c1ccccc1N(CCO)CC(F)F. The first-order valence-electron chi connectivity index (χ1n) is 6.15. The lowest BCUT2D eigenvalue weighted by atomic mass is 10.3. The minimum atomic E-state index is -3.76. The highest BCUT2D eigenvalue weighted by Crippen LogP contribution is 2.25. The van der Waals surface area contributed by atoms with Gasteiger partial charge in [0, 0.05) is 13.1 Å². The number of nitrogens with one attached hydrogen (secondary N) is 1. The first-order valence-corrected chi connectivity index (χ1v) is 7.63. The van der Waals surface area contributed by atoms with Crippen LogP contribution >= 0.6 is 0 Å². The van der Waals surface area contributed by atoms with E-state index in [-0.39, 0.29) is 30.3 Å². The lowest BCUT2D eigenvalue weighted by molar-refractivity contribution is 0.152.